The number of nitrogens with zero attached hydrogens (tertiary/aromatic N) is 4. The Bertz CT molecular complexity index is 1080. The SMILES string of the molecule is CC(C)Nc1ncc2nc(Nc3c(F)cc(F)cc3F)n(C3CCCC(CO)CC3)c2n1. The van der Waals surface area contributed by atoms with Crippen LogP contribution in [0.25, 0.3) is 11.2 Å². The molecule has 1 fully saturated rings. The molecule has 1 aromatic carbocycles. The molecule has 0 bridgehead atoms. The summed E-state index contributed by atoms with van der Waals surface area (Å²) in [7, 11) is 0. The zero-order valence-electron chi connectivity index (χ0n) is 18.1. The fourth-order valence-electron chi connectivity index (χ4n) is 4.23. The Kier molecular flexibility index (Phi) is 6.50. The molecule has 32 heavy (non-hydrogen) atoms. The van der Waals surface area contributed by atoms with Gasteiger partial charge >= 0.3 is 0 Å². The molecule has 2 unspecified atom stereocenters. The number of aromatic nitrogens is 4. The predicted molar refractivity (Wildman–Crippen MR) is 116 cm³/mol. The van der Waals surface area contributed by atoms with Crippen LogP contribution < -0.4 is 10.6 Å². The van der Waals surface area contributed by atoms with Gasteiger partial charge in [-0.1, -0.05) is 6.42 Å². The standard InChI is InChI=1S/C22H27F3N6O/c1-12(2)27-21-26-10-18-20(30-21)31(15-5-3-4-13(11-32)6-7-15)22(28-18)29-19-16(24)8-14(23)9-17(19)25/h8-10,12-13,15,32H,3-7,11H2,1-2H3,(H,28,29)(H,26,27,30). The van der Waals surface area contributed by atoms with E-state index in [0.29, 0.717) is 29.2 Å². The maximum atomic E-state index is 14.4. The molecular formula is C22H27F3N6O. The van der Waals surface area contributed by atoms with Gasteiger partial charge in [-0.3, -0.25) is 4.57 Å². The van der Waals surface area contributed by atoms with E-state index in [2.05, 4.69) is 25.6 Å². The van der Waals surface area contributed by atoms with E-state index in [1.807, 2.05) is 18.4 Å². The van der Waals surface area contributed by atoms with Gasteiger partial charge in [0, 0.05) is 30.8 Å². The van der Waals surface area contributed by atoms with E-state index < -0.39 is 23.1 Å². The number of anilines is 3. The Morgan fingerprint density at radius 1 is 1.09 bits per heavy atom. The quantitative estimate of drug-likeness (QED) is 0.464. The second-order valence-electron chi connectivity index (χ2n) is 8.59. The van der Waals surface area contributed by atoms with Crippen molar-refractivity contribution < 1.29 is 18.3 Å². The average Bonchev–Trinajstić information content (AvgIpc) is 2.90. The van der Waals surface area contributed by atoms with Crippen molar-refractivity contribution in [2.75, 3.05) is 17.2 Å². The maximum Gasteiger partial charge on any atom is 0.224 e. The summed E-state index contributed by atoms with van der Waals surface area (Å²) >= 11 is 0. The molecule has 4 rings (SSSR count). The smallest absolute Gasteiger partial charge is 0.224 e. The first-order chi connectivity index (χ1) is 15.4. The number of halogens is 3. The largest absolute Gasteiger partial charge is 0.396 e. The van der Waals surface area contributed by atoms with Crippen LogP contribution in [0.15, 0.2) is 18.3 Å². The maximum absolute atomic E-state index is 14.4. The molecular weight excluding hydrogens is 421 g/mol. The van der Waals surface area contributed by atoms with Gasteiger partial charge in [-0.15, -0.1) is 0 Å². The second kappa shape index (κ2) is 9.32. The number of hydrogen-bond acceptors (Lipinski definition) is 6. The topological polar surface area (TPSA) is 87.9 Å². The van der Waals surface area contributed by atoms with E-state index in [1.165, 1.54) is 0 Å². The highest BCUT2D eigenvalue weighted by Crippen LogP contribution is 2.36. The fourth-order valence-corrected chi connectivity index (χ4v) is 4.23. The van der Waals surface area contributed by atoms with Gasteiger partial charge in [-0.05, 0) is 45.4 Å². The van der Waals surface area contributed by atoms with E-state index in [4.69, 9.17) is 0 Å². The fraction of sp³-hybridized carbons (Fsp3) is 0.500. The Morgan fingerprint density at radius 2 is 1.84 bits per heavy atom. The van der Waals surface area contributed by atoms with Crippen molar-refractivity contribution >= 4 is 28.7 Å². The minimum Gasteiger partial charge on any atom is -0.396 e. The van der Waals surface area contributed by atoms with E-state index in [9.17, 15) is 18.3 Å². The van der Waals surface area contributed by atoms with Crippen LogP contribution >= 0.6 is 0 Å². The Labute approximate surface area is 184 Å². The molecule has 7 nitrogen and oxygen atoms in total. The molecule has 1 saturated carbocycles. The van der Waals surface area contributed by atoms with Gasteiger partial charge in [0.15, 0.2) is 17.3 Å². The van der Waals surface area contributed by atoms with Crippen LogP contribution in [0, 0.1) is 23.4 Å². The Morgan fingerprint density at radius 3 is 2.53 bits per heavy atom. The average molecular weight is 448 g/mol. The summed E-state index contributed by atoms with van der Waals surface area (Å²) in [6.45, 7) is 4.08. The number of aliphatic hydroxyl groups excluding tert-OH is 1. The third kappa shape index (κ3) is 4.64. The molecule has 2 aromatic heterocycles. The summed E-state index contributed by atoms with van der Waals surface area (Å²) in [5.41, 5.74) is 0.548. The molecule has 0 amide bonds. The van der Waals surface area contributed by atoms with Crippen molar-refractivity contribution in [3.8, 4) is 0 Å². The number of hydrogen-bond donors (Lipinski definition) is 3. The van der Waals surface area contributed by atoms with Gasteiger partial charge in [0.25, 0.3) is 0 Å². The van der Waals surface area contributed by atoms with Crippen molar-refractivity contribution in [1.82, 2.24) is 19.5 Å². The van der Waals surface area contributed by atoms with Crippen molar-refractivity contribution in [2.24, 2.45) is 5.92 Å². The van der Waals surface area contributed by atoms with Crippen LogP contribution in [-0.2, 0) is 0 Å². The van der Waals surface area contributed by atoms with E-state index in [-0.39, 0.29) is 30.6 Å². The molecule has 10 heteroatoms. The molecule has 2 heterocycles. The number of nitrogens with one attached hydrogen (secondary N) is 2. The summed E-state index contributed by atoms with van der Waals surface area (Å²) in [6, 6.07) is 1.33. The summed E-state index contributed by atoms with van der Waals surface area (Å²) < 4.78 is 43.9. The molecule has 0 radical (unpaired) electrons. The van der Waals surface area contributed by atoms with E-state index in [0.717, 1.165) is 32.1 Å². The molecule has 172 valence electrons. The van der Waals surface area contributed by atoms with Gasteiger partial charge < -0.3 is 15.7 Å². The molecule has 0 aliphatic heterocycles. The summed E-state index contributed by atoms with van der Waals surface area (Å²) in [5.74, 6) is -2.21. The number of rotatable bonds is 6. The molecule has 1 aliphatic rings. The van der Waals surface area contributed by atoms with Crippen molar-refractivity contribution in [1.29, 1.82) is 0 Å². The van der Waals surface area contributed by atoms with Crippen molar-refractivity contribution in [3.63, 3.8) is 0 Å². The van der Waals surface area contributed by atoms with Gasteiger partial charge in [0.2, 0.25) is 11.9 Å². The second-order valence-corrected chi connectivity index (χ2v) is 8.59. The number of benzene rings is 1. The lowest BCUT2D eigenvalue weighted by atomic mass is 10.0. The lowest BCUT2D eigenvalue weighted by Gasteiger charge is -2.20. The first-order valence-electron chi connectivity index (χ1n) is 10.9. The van der Waals surface area contributed by atoms with Crippen LogP contribution in [0.3, 0.4) is 0 Å². The number of aliphatic hydroxyl groups is 1. The molecule has 0 saturated heterocycles. The summed E-state index contributed by atoms with van der Waals surface area (Å²) in [5, 5.41) is 15.5. The van der Waals surface area contributed by atoms with Crippen molar-refractivity contribution in [2.45, 2.75) is 58.0 Å². The zero-order chi connectivity index (χ0) is 22.8. The van der Waals surface area contributed by atoms with Crippen LogP contribution in [0.1, 0.15) is 52.0 Å². The highest BCUT2D eigenvalue weighted by Gasteiger charge is 2.26. The first-order valence-corrected chi connectivity index (χ1v) is 10.9. The molecule has 3 aromatic rings. The number of imidazole rings is 1. The molecule has 3 N–H and O–H groups in total. The molecule has 0 spiro atoms. The van der Waals surface area contributed by atoms with E-state index >= 15 is 0 Å². The van der Waals surface area contributed by atoms with Crippen molar-refractivity contribution in [3.05, 3.63) is 35.8 Å². The van der Waals surface area contributed by atoms with Gasteiger partial charge in [-0.2, -0.15) is 4.98 Å². The highest BCUT2D eigenvalue weighted by molar-refractivity contribution is 5.76. The molecule has 2 atom stereocenters. The zero-order valence-corrected chi connectivity index (χ0v) is 18.1. The Hall–Kier alpha value is -2.88. The minimum absolute atomic E-state index is 0.0348. The highest BCUT2D eigenvalue weighted by atomic mass is 19.1. The number of fused-ring (bicyclic) bond motifs is 1. The van der Waals surface area contributed by atoms with Gasteiger partial charge in [0.05, 0.1) is 6.20 Å². The lowest BCUT2D eigenvalue weighted by molar-refractivity contribution is 0.211. The summed E-state index contributed by atoms with van der Waals surface area (Å²) in [4.78, 5) is 13.4. The van der Waals surface area contributed by atoms with E-state index in [1.54, 1.807) is 6.20 Å². The normalized spacial score (nSPS) is 19.3. The first kappa shape index (κ1) is 22.3. The predicted octanol–water partition coefficient (Wildman–Crippen LogP) is 4.92. The molecule has 1 aliphatic carbocycles. The van der Waals surface area contributed by atoms with Crippen LogP contribution in [-0.4, -0.2) is 37.3 Å². The van der Waals surface area contributed by atoms with Crippen LogP contribution in [0.2, 0.25) is 0 Å². The summed E-state index contributed by atoms with van der Waals surface area (Å²) in [6.07, 6.45) is 5.77. The van der Waals surface area contributed by atoms with Gasteiger partial charge in [0.1, 0.15) is 17.0 Å². The van der Waals surface area contributed by atoms with Crippen LogP contribution in [0.4, 0.5) is 30.8 Å². The van der Waals surface area contributed by atoms with Crippen LogP contribution in [0.5, 0.6) is 0 Å². The Balaban J connectivity index is 1.80. The third-order valence-electron chi connectivity index (χ3n) is 5.78. The monoisotopic (exact) mass is 448 g/mol. The third-order valence-corrected chi connectivity index (χ3v) is 5.78. The lowest BCUT2D eigenvalue weighted by Crippen LogP contribution is -2.15. The minimum atomic E-state index is -1.05. The van der Waals surface area contributed by atoms with Gasteiger partial charge in [-0.25, -0.2) is 23.1 Å².